The van der Waals surface area contributed by atoms with Gasteiger partial charge in [-0.05, 0) is 44.5 Å². The average molecular weight is 287 g/mol. The number of hydrogen-bond donors (Lipinski definition) is 0. The molecule has 0 bridgehead atoms. The molecule has 1 saturated heterocycles. The topological polar surface area (TPSA) is 46.6 Å². The van der Waals surface area contributed by atoms with Crippen molar-refractivity contribution in [1.29, 1.82) is 0 Å². The number of hydrogen-bond acceptors (Lipinski definition) is 3. The zero-order valence-electron chi connectivity index (χ0n) is 11.3. The lowest BCUT2D eigenvalue weighted by molar-refractivity contribution is -0.0170. The number of morpholine rings is 1. The van der Waals surface area contributed by atoms with E-state index < -0.39 is 15.8 Å². The van der Waals surface area contributed by atoms with E-state index in [-0.39, 0.29) is 17.0 Å². The van der Waals surface area contributed by atoms with Crippen LogP contribution < -0.4 is 0 Å². The minimum Gasteiger partial charge on any atom is -0.375 e. The second kappa shape index (κ2) is 5.19. The third kappa shape index (κ3) is 2.80. The molecule has 0 radical (unpaired) electrons. The van der Waals surface area contributed by atoms with Gasteiger partial charge >= 0.3 is 0 Å². The maximum atomic E-state index is 13.1. The number of rotatable bonds is 2. The van der Waals surface area contributed by atoms with Gasteiger partial charge in [0.15, 0.2) is 0 Å². The summed E-state index contributed by atoms with van der Waals surface area (Å²) in [5.41, 5.74) is 0.423. The fraction of sp³-hybridized carbons (Fsp3) is 0.538. The van der Waals surface area contributed by atoms with E-state index in [1.54, 1.807) is 6.92 Å². The van der Waals surface area contributed by atoms with Crippen LogP contribution in [-0.2, 0) is 14.8 Å². The first-order valence-electron chi connectivity index (χ1n) is 6.22. The van der Waals surface area contributed by atoms with Crippen LogP contribution in [0.15, 0.2) is 23.1 Å². The van der Waals surface area contributed by atoms with Crippen LogP contribution in [0.4, 0.5) is 4.39 Å². The highest BCUT2D eigenvalue weighted by Gasteiger charge is 2.34. The maximum Gasteiger partial charge on any atom is 0.243 e. The Morgan fingerprint density at radius 2 is 2.05 bits per heavy atom. The zero-order valence-corrected chi connectivity index (χ0v) is 12.1. The standard InChI is InChI=1S/C13H18FNO3S/c1-9-6-12(14)4-5-13(9)19(16,17)15-7-11(3)18-8-10(15)2/h4-6,10-11H,7-8H2,1-3H3. The van der Waals surface area contributed by atoms with Gasteiger partial charge in [0, 0.05) is 12.6 Å². The summed E-state index contributed by atoms with van der Waals surface area (Å²) >= 11 is 0. The smallest absolute Gasteiger partial charge is 0.243 e. The van der Waals surface area contributed by atoms with Gasteiger partial charge in [-0.3, -0.25) is 0 Å². The molecule has 0 saturated carbocycles. The van der Waals surface area contributed by atoms with Gasteiger partial charge in [-0.2, -0.15) is 4.31 Å². The van der Waals surface area contributed by atoms with Gasteiger partial charge < -0.3 is 4.74 Å². The second-order valence-corrected chi connectivity index (χ2v) is 6.84. The van der Waals surface area contributed by atoms with Crippen molar-refractivity contribution in [1.82, 2.24) is 4.31 Å². The molecule has 2 unspecified atom stereocenters. The average Bonchev–Trinajstić information content (AvgIpc) is 2.31. The lowest BCUT2D eigenvalue weighted by Crippen LogP contribution is -2.50. The van der Waals surface area contributed by atoms with E-state index in [9.17, 15) is 12.8 Å². The monoisotopic (exact) mass is 287 g/mol. The van der Waals surface area contributed by atoms with Crippen LogP contribution in [0.25, 0.3) is 0 Å². The minimum atomic E-state index is -3.60. The minimum absolute atomic E-state index is 0.133. The zero-order chi connectivity index (χ0) is 14.2. The summed E-state index contributed by atoms with van der Waals surface area (Å²) in [5, 5.41) is 0. The van der Waals surface area contributed by atoms with E-state index in [1.165, 1.54) is 22.5 Å². The molecule has 0 aromatic heterocycles. The highest BCUT2D eigenvalue weighted by atomic mass is 32.2. The largest absolute Gasteiger partial charge is 0.375 e. The fourth-order valence-corrected chi connectivity index (χ4v) is 4.14. The van der Waals surface area contributed by atoms with Crippen LogP contribution in [0.2, 0.25) is 0 Å². The van der Waals surface area contributed by atoms with Crippen molar-refractivity contribution in [2.75, 3.05) is 13.2 Å². The number of sulfonamides is 1. The molecule has 1 aromatic carbocycles. The molecule has 1 aliphatic rings. The number of halogens is 1. The molecular formula is C13H18FNO3S. The van der Waals surface area contributed by atoms with Gasteiger partial charge in [0.2, 0.25) is 10.0 Å². The van der Waals surface area contributed by atoms with Gasteiger partial charge in [0.1, 0.15) is 5.82 Å². The summed E-state index contributed by atoms with van der Waals surface area (Å²) in [6, 6.07) is 3.52. The lowest BCUT2D eigenvalue weighted by atomic mass is 10.2. The Morgan fingerprint density at radius 1 is 1.37 bits per heavy atom. The summed E-state index contributed by atoms with van der Waals surface area (Å²) < 4.78 is 45.2. The summed E-state index contributed by atoms with van der Waals surface area (Å²) in [5.74, 6) is -0.431. The van der Waals surface area contributed by atoms with Crippen LogP contribution in [0.5, 0.6) is 0 Å². The molecule has 4 nitrogen and oxygen atoms in total. The maximum absolute atomic E-state index is 13.1. The van der Waals surface area contributed by atoms with Crippen molar-refractivity contribution in [3.05, 3.63) is 29.6 Å². The van der Waals surface area contributed by atoms with E-state index in [0.717, 1.165) is 0 Å². The normalized spacial score (nSPS) is 25.5. The number of ether oxygens (including phenoxy) is 1. The van der Waals surface area contributed by atoms with Gasteiger partial charge in [0.25, 0.3) is 0 Å². The second-order valence-electron chi connectivity index (χ2n) is 4.98. The third-order valence-corrected chi connectivity index (χ3v) is 5.41. The summed E-state index contributed by atoms with van der Waals surface area (Å²) in [6.07, 6.45) is -0.133. The van der Waals surface area contributed by atoms with E-state index in [2.05, 4.69) is 0 Å². The first kappa shape index (κ1) is 14.4. The Morgan fingerprint density at radius 3 is 2.68 bits per heavy atom. The highest BCUT2D eigenvalue weighted by Crippen LogP contribution is 2.25. The first-order valence-corrected chi connectivity index (χ1v) is 7.66. The SMILES string of the molecule is Cc1cc(F)ccc1S(=O)(=O)N1CC(C)OCC1C. The molecule has 1 fully saturated rings. The third-order valence-electron chi connectivity index (χ3n) is 3.27. The Hall–Kier alpha value is -0.980. The quantitative estimate of drug-likeness (QED) is 0.835. The van der Waals surface area contributed by atoms with E-state index in [1.807, 2.05) is 13.8 Å². The lowest BCUT2D eigenvalue weighted by Gasteiger charge is -2.35. The molecule has 1 heterocycles. The molecule has 19 heavy (non-hydrogen) atoms. The van der Waals surface area contributed by atoms with Gasteiger partial charge in [0.05, 0.1) is 17.6 Å². The van der Waals surface area contributed by atoms with Crippen molar-refractivity contribution in [3.63, 3.8) is 0 Å². The molecule has 6 heteroatoms. The van der Waals surface area contributed by atoms with Crippen molar-refractivity contribution >= 4 is 10.0 Å². The Bertz CT molecular complexity index is 573. The van der Waals surface area contributed by atoms with Crippen molar-refractivity contribution < 1.29 is 17.5 Å². The molecule has 0 amide bonds. The fourth-order valence-electron chi connectivity index (χ4n) is 2.24. The molecular weight excluding hydrogens is 269 g/mol. The van der Waals surface area contributed by atoms with Crippen molar-refractivity contribution in [2.24, 2.45) is 0 Å². The van der Waals surface area contributed by atoms with Crippen molar-refractivity contribution in [2.45, 2.75) is 37.8 Å². The number of nitrogens with zero attached hydrogens (tertiary/aromatic N) is 1. The van der Waals surface area contributed by atoms with Crippen LogP contribution >= 0.6 is 0 Å². The van der Waals surface area contributed by atoms with Crippen LogP contribution in [0.1, 0.15) is 19.4 Å². The molecule has 1 aliphatic heterocycles. The summed E-state index contributed by atoms with van der Waals surface area (Å²) in [6.45, 7) is 5.94. The van der Waals surface area contributed by atoms with Gasteiger partial charge in [-0.25, -0.2) is 12.8 Å². The first-order chi connectivity index (χ1) is 8.82. The Labute approximate surface area is 113 Å². The number of benzene rings is 1. The summed E-state index contributed by atoms with van der Waals surface area (Å²) in [7, 11) is -3.60. The van der Waals surface area contributed by atoms with E-state index in [4.69, 9.17) is 4.74 Å². The van der Waals surface area contributed by atoms with E-state index in [0.29, 0.717) is 18.7 Å². The van der Waals surface area contributed by atoms with Gasteiger partial charge in [-0.15, -0.1) is 0 Å². The van der Waals surface area contributed by atoms with Gasteiger partial charge in [-0.1, -0.05) is 0 Å². The highest BCUT2D eigenvalue weighted by molar-refractivity contribution is 7.89. The Balaban J connectivity index is 2.41. The predicted octanol–water partition coefficient (Wildman–Crippen LogP) is 1.93. The Kier molecular flexibility index (Phi) is 3.94. The number of aryl methyl sites for hydroxylation is 1. The summed E-state index contributed by atoms with van der Waals surface area (Å²) in [4.78, 5) is 0.162. The van der Waals surface area contributed by atoms with Crippen LogP contribution in [0, 0.1) is 12.7 Å². The molecule has 106 valence electrons. The molecule has 2 atom stereocenters. The van der Waals surface area contributed by atoms with Crippen LogP contribution in [0.3, 0.4) is 0 Å². The molecule has 2 rings (SSSR count). The molecule has 0 spiro atoms. The van der Waals surface area contributed by atoms with Crippen molar-refractivity contribution in [3.8, 4) is 0 Å². The molecule has 1 aromatic rings. The van der Waals surface area contributed by atoms with E-state index >= 15 is 0 Å². The van der Waals surface area contributed by atoms with Crippen LogP contribution in [-0.4, -0.2) is 38.0 Å². The molecule has 0 N–H and O–H groups in total. The predicted molar refractivity (Wildman–Crippen MR) is 69.9 cm³/mol. The molecule has 0 aliphatic carbocycles.